The van der Waals surface area contributed by atoms with Crippen LogP contribution in [0.1, 0.15) is 6.42 Å². The van der Waals surface area contributed by atoms with Crippen LogP contribution >= 0.6 is 0 Å². The van der Waals surface area contributed by atoms with Crippen LogP contribution in [0.2, 0.25) is 0 Å². The van der Waals surface area contributed by atoms with E-state index < -0.39 is 0 Å². The second kappa shape index (κ2) is 5.26. The summed E-state index contributed by atoms with van der Waals surface area (Å²) in [5, 5.41) is 8.16. The Morgan fingerprint density at radius 2 is 2.43 bits per heavy atom. The summed E-state index contributed by atoms with van der Waals surface area (Å²) < 4.78 is 0. The molecule has 7 heavy (non-hydrogen) atoms. The van der Waals surface area contributed by atoms with Crippen LogP contribution in [-0.4, -0.2) is 11.7 Å². The van der Waals surface area contributed by atoms with Gasteiger partial charge in [0.25, 0.3) is 0 Å². The third-order valence-corrected chi connectivity index (χ3v) is 0.441. The molecular weight excluding hydrogens is 88.1 g/mol. The van der Waals surface area contributed by atoms with Crippen molar-refractivity contribution in [2.45, 2.75) is 6.42 Å². The molecule has 0 aromatic rings. The SMILES string of the molecule is C=CC#CCCO. The molecule has 0 saturated carbocycles. The van der Waals surface area contributed by atoms with E-state index in [1.54, 1.807) is 0 Å². The first-order valence-electron chi connectivity index (χ1n) is 2.12. The summed E-state index contributed by atoms with van der Waals surface area (Å²) in [4.78, 5) is 0. The molecule has 0 heterocycles. The summed E-state index contributed by atoms with van der Waals surface area (Å²) in [5.74, 6) is 5.27. The van der Waals surface area contributed by atoms with Crippen LogP contribution in [0, 0.1) is 11.8 Å². The smallest absolute Gasteiger partial charge is 0.0540 e. The zero-order valence-corrected chi connectivity index (χ0v) is 4.15. The lowest BCUT2D eigenvalue weighted by molar-refractivity contribution is 0.305. The quantitative estimate of drug-likeness (QED) is 0.473. The molecule has 0 amide bonds. The number of aliphatic hydroxyl groups excluding tert-OH is 1. The number of rotatable bonds is 1. The standard InChI is InChI=1S/C6H8O/c1-2-3-4-5-6-7/h2,7H,1,5-6H2. The first-order chi connectivity index (χ1) is 3.41. The van der Waals surface area contributed by atoms with Gasteiger partial charge in [-0.3, -0.25) is 0 Å². The lowest BCUT2D eigenvalue weighted by Crippen LogP contribution is -1.74. The van der Waals surface area contributed by atoms with Gasteiger partial charge in [0.05, 0.1) is 6.61 Å². The molecule has 0 rings (SSSR count). The highest BCUT2D eigenvalue weighted by atomic mass is 16.2. The van der Waals surface area contributed by atoms with Crippen molar-refractivity contribution in [1.29, 1.82) is 0 Å². The lowest BCUT2D eigenvalue weighted by atomic mass is 10.4. The van der Waals surface area contributed by atoms with Crippen molar-refractivity contribution in [2.24, 2.45) is 0 Å². The molecule has 1 heteroatoms. The minimum Gasteiger partial charge on any atom is -0.395 e. The van der Waals surface area contributed by atoms with Gasteiger partial charge in [-0.15, -0.1) is 0 Å². The molecule has 0 aromatic heterocycles. The average molecular weight is 96.1 g/mol. The molecule has 0 aliphatic carbocycles. The van der Waals surface area contributed by atoms with Gasteiger partial charge >= 0.3 is 0 Å². The van der Waals surface area contributed by atoms with E-state index >= 15 is 0 Å². The topological polar surface area (TPSA) is 20.2 Å². The van der Waals surface area contributed by atoms with Gasteiger partial charge in [-0.05, 0) is 6.08 Å². The van der Waals surface area contributed by atoms with Gasteiger partial charge in [0.15, 0.2) is 0 Å². The maximum atomic E-state index is 8.16. The van der Waals surface area contributed by atoms with Crippen molar-refractivity contribution in [3.8, 4) is 11.8 Å². The zero-order valence-electron chi connectivity index (χ0n) is 4.15. The number of hydrogen-bond donors (Lipinski definition) is 1. The first kappa shape index (κ1) is 6.26. The van der Waals surface area contributed by atoms with E-state index in [1.165, 1.54) is 6.08 Å². The Kier molecular flexibility index (Phi) is 4.70. The molecular formula is C6H8O. The normalized spacial score (nSPS) is 6.43. The molecule has 1 N–H and O–H groups in total. The highest BCUT2D eigenvalue weighted by Gasteiger charge is 1.65. The summed E-state index contributed by atoms with van der Waals surface area (Å²) in [6.45, 7) is 3.52. The molecule has 0 aromatic carbocycles. The van der Waals surface area contributed by atoms with Crippen LogP contribution in [0.4, 0.5) is 0 Å². The molecule has 0 spiro atoms. The Balaban J connectivity index is 3.07. The maximum absolute atomic E-state index is 8.16. The van der Waals surface area contributed by atoms with Crippen LogP contribution in [0.25, 0.3) is 0 Å². The lowest BCUT2D eigenvalue weighted by Gasteiger charge is -1.72. The number of allylic oxidation sites excluding steroid dienone is 1. The highest BCUT2D eigenvalue weighted by Crippen LogP contribution is 1.67. The molecule has 0 radical (unpaired) electrons. The molecule has 0 bridgehead atoms. The molecule has 0 aliphatic rings. The largest absolute Gasteiger partial charge is 0.395 e. The zero-order chi connectivity index (χ0) is 5.54. The van der Waals surface area contributed by atoms with Gasteiger partial charge in [0.2, 0.25) is 0 Å². The maximum Gasteiger partial charge on any atom is 0.0540 e. The number of aliphatic hydroxyl groups is 1. The van der Waals surface area contributed by atoms with E-state index in [2.05, 4.69) is 18.4 Å². The number of hydrogen-bond acceptors (Lipinski definition) is 1. The summed E-state index contributed by atoms with van der Waals surface area (Å²) in [7, 11) is 0. The predicted octanol–water partition coefficient (Wildman–Crippen LogP) is 0.558. The average Bonchev–Trinajstić information content (AvgIpc) is 1.69. The van der Waals surface area contributed by atoms with Crippen LogP contribution in [0.3, 0.4) is 0 Å². The summed E-state index contributed by atoms with van der Waals surface area (Å²) in [6, 6.07) is 0. The van der Waals surface area contributed by atoms with Gasteiger partial charge < -0.3 is 5.11 Å². The Labute approximate surface area is 43.7 Å². The van der Waals surface area contributed by atoms with Crippen molar-refractivity contribution in [3.63, 3.8) is 0 Å². The summed E-state index contributed by atoms with van der Waals surface area (Å²) in [5.41, 5.74) is 0. The van der Waals surface area contributed by atoms with E-state index in [4.69, 9.17) is 5.11 Å². The first-order valence-corrected chi connectivity index (χ1v) is 2.12. The van der Waals surface area contributed by atoms with Crippen molar-refractivity contribution >= 4 is 0 Å². The monoisotopic (exact) mass is 96.1 g/mol. The Morgan fingerprint density at radius 3 is 2.86 bits per heavy atom. The van der Waals surface area contributed by atoms with Crippen LogP contribution in [0.5, 0.6) is 0 Å². The Morgan fingerprint density at radius 1 is 1.71 bits per heavy atom. The van der Waals surface area contributed by atoms with Gasteiger partial charge in [-0.2, -0.15) is 0 Å². The summed E-state index contributed by atoms with van der Waals surface area (Å²) >= 11 is 0. The fourth-order valence-corrected chi connectivity index (χ4v) is 0.200. The van der Waals surface area contributed by atoms with E-state index in [-0.39, 0.29) is 6.61 Å². The van der Waals surface area contributed by atoms with Crippen molar-refractivity contribution < 1.29 is 5.11 Å². The minimum absolute atomic E-state index is 0.140. The van der Waals surface area contributed by atoms with E-state index in [9.17, 15) is 0 Å². The molecule has 0 saturated heterocycles. The third-order valence-electron chi connectivity index (χ3n) is 0.441. The van der Waals surface area contributed by atoms with Crippen LogP contribution in [0.15, 0.2) is 12.7 Å². The van der Waals surface area contributed by atoms with Gasteiger partial charge in [0.1, 0.15) is 0 Å². The van der Waals surface area contributed by atoms with Crippen molar-refractivity contribution in [2.75, 3.05) is 6.61 Å². The van der Waals surface area contributed by atoms with Gasteiger partial charge in [0, 0.05) is 6.42 Å². The fourth-order valence-electron chi connectivity index (χ4n) is 0.200. The van der Waals surface area contributed by atoms with E-state index in [0.717, 1.165) is 0 Å². The minimum atomic E-state index is 0.140. The van der Waals surface area contributed by atoms with Gasteiger partial charge in [-0.1, -0.05) is 18.4 Å². The Bertz CT molecular complexity index is 94.5. The van der Waals surface area contributed by atoms with E-state index in [1.807, 2.05) is 0 Å². The van der Waals surface area contributed by atoms with Crippen molar-refractivity contribution in [1.82, 2.24) is 0 Å². The third kappa shape index (κ3) is 5.26. The van der Waals surface area contributed by atoms with Crippen molar-refractivity contribution in [3.05, 3.63) is 12.7 Å². The Hall–Kier alpha value is -0.740. The predicted molar refractivity (Wildman–Crippen MR) is 29.7 cm³/mol. The van der Waals surface area contributed by atoms with Gasteiger partial charge in [-0.25, -0.2) is 0 Å². The fraction of sp³-hybridized carbons (Fsp3) is 0.333. The highest BCUT2D eigenvalue weighted by molar-refractivity contribution is 5.11. The molecule has 0 atom stereocenters. The summed E-state index contributed by atoms with van der Waals surface area (Å²) in [6.07, 6.45) is 2.06. The second-order valence-electron chi connectivity index (χ2n) is 0.999. The molecule has 0 unspecified atom stereocenters. The van der Waals surface area contributed by atoms with Crippen LogP contribution in [-0.2, 0) is 0 Å². The van der Waals surface area contributed by atoms with Crippen LogP contribution < -0.4 is 0 Å². The molecule has 0 fully saturated rings. The molecule has 38 valence electrons. The second-order valence-corrected chi connectivity index (χ2v) is 0.999. The molecule has 0 aliphatic heterocycles. The molecule has 1 nitrogen and oxygen atoms in total. The van der Waals surface area contributed by atoms with E-state index in [0.29, 0.717) is 6.42 Å².